The fourth-order valence-electron chi connectivity index (χ4n) is 2.79. The molecule has 2 heteroatoms. The van der Waals surface area contributed by atoms with Gasteiger partial charge in [0.25, 0.3) is 0 Å². The Morgan fingerprint density at radius 3 is 2.14 bits per heavy atom. The second-order valence-corrected chi connectivity index (χ2v) is 5.15. The quantitative estimate of drug-likeness (QED) is 0.704. The van der Waals surface area contributed by atoms with E-state index in [1.54, 1.807) is 0 Å². The summed E-state index contributed by atoms with van der Waals surface area (Å²) in [4.78, 5) is 11.4. The fourth-order valence-corrected chi connectivity index (χ4v) is 2.79. The van der Waals surface area contributed by atoms with E-state index >= 15 is 0 Å². The van der Waals surface area contributed by atoms with E-state index in [-0.39, 0.29) is 5.41 Å². The van der Waals surface area contributed by atoms with Crippen LogP contribution in [0.4, 0.5) is 0 Å². The Bertz CT molecular complexity index is 210. The SMILES string of the molecule is O=C(O)C1(CC2CC2)CCCCCC1. The minimum Gasteiger partial charge on any atom is -0.481 e. The van der Waals surface area contributed by atoms with Gasteiger partial charge in [-0.05, 0) is 25.2 Å². The summed E-state index contributed by atoms with van der Waals surface area (Å²) >= 11 is 0. The monoisotopic (exact) mass is 196 g/mol. The first-order valence-corrected chi connectivity index (χ1v) is 5.96. The number of carboxylic acid groups (broad SMARTS) is 1. The highest BCUT2D eigenvalue weighted by Crippen LogP contribution is 2.47. The van der Waals surface area contributed by atoms with Gasteiger partial charge in [0.1, 0.15) is 0 Å². The van der Waals surface area contributed by atoms with Crippen LogP contribution in [0.3, 0.4) is 0 Å². The van der Waals surface area contributed by atoms with Crippen LogP contribution in [0, 0.1) is 11.3 Å². The molecule has 0 heterocycles. The number of carbonyl (C=O) groups is 1. The van der Waals surface area contributed by atoms with Gasteiger partial charge in [0.05, 0.1) is 5.41 Å². The van der Waals surface area contributed by atoms with E-state index in [1.165, 1.54) is 25.7 Å². The lowest BCUT2D eigenvalue weighted by Gasteiger charge is -2.27. The van der Waals surface area contributed by atoms with Gasteiger partial charge in [-0.15, -0.1) is 0 Å². The summed E-state index contributed by atoms with van der Waals surface area (Å²) < 4.78 is 0. The van der Waals surface area contributed by atoms with Gasteiger partial charge in [-0.25, -0.2) is 0 Å². The third kappa shape index (κ3) is 2.10. The Balaban J connectivity index is 2.04. The average Bonchev–Trinajstić information content (AvgIpc) is 2.93. The second kappa shape index (κ2) is 3.92. The molecule has 0 aromatic heterocycles. The molecule has 0 unspecified atom stereocenters. The zero-order valence-corrected chi connectivity index (χ0v) is 8.80. The van der Waals surface area contributed by atoms with Crippen LogP contribution in [0.15, 0.2) is 0 Å². The van der Waals surface area contributed by atoms with Crippen LogP contribution in [-0.4, -0.2) is 11.1 Å². The van der Waals surface area contributed by atoms with Crippen molar-refractivity contribution in [3.05, 3.63) is 0 Å². The molecule has 80 valence electrons. The van der Waals surface area contributed by atoms with Crippen LogP contribution >= 0.6 is 0 Å². The molecular formula is C12H20O2. The van der Waals surface area contributed by atoms with E-state index < -0.39 is 5.97 Å². The van der Waals surface area contributed by atoms with E-state index in [0.29, 0.717) is 0 Å². The minimum absolute atomic E-state index is 0.336. The highest BCUT2D eigenvalue weighted by Gasteiger charge is 2.42. The van der Waals surface area contributed by atoms with Crippen molar-refractivity contribution >= 4 is 5.97 Å². The molecule has 0 amide bonds. The van der Waals surface area contributed by atoms with Crippen molar-refractivity contribution < 1.29 is 9.90 Å². The van der Waals surface area contributed by atoms with Crippen molar-refractivity contribution in [1.29, 1.82) is 0 Å². The third-order valence-corrected chi connectivity index (χ3v) is 3.89. The molecule has 0 spiro atoms. The second-order valence-electron chi connectivity index (χ2n) is 5.15. The molecule has 0 atom stereocenters. The maximum absolute atomic E-state index is 11.4. The van der Waals surface area contributed by atoms with E-state index in [1.807, 2.05) is 0 Å². The Morgan fingerprint density at radius 1 is 1.14 bits per heavy atom. The van der Waals surface area contributed by atoms with Crippen LogP contribution in [0.25, 0.3) is 0 Å². The molecule has 2 rings (SSSR count). The lowest BCUT2D eigenvalue weighted by Crippen LogP contribution is -2.31. The van der Waals surface area contributed by atoms with Crippen LogP contribution in [-0.2, 0) is 4.79 Å². The van der Waals surface area contributed by atoms with Crippen LogP contribution < -0.4 is 0 Å². The predicted octanol–water partition coefficient (Wildman–Crippen LogP) is 3.21. The smallest absolute Gasteiger partial charge is 0.309 e. The van der Waals surface area contributed by atoms with E-state index in [2.05, 4.69) is 0 Å². The largest absolute Gasteiger partial charge is 0.481 e. The lowest BCUT2D eigenvalue weighted by molar-refractivity contribution is -0.150. The zero-order chi connectivity index (χ0) is 10.0. The Morgan fingerprint density at radius 2 is 1.71 bits per heavy atom. The number of hydrogen-bond acceptors (Lipinski definition) is 1. The van der Waals surface area contributed by atoms with Crippen LogP contribution in [0.2, 0.25) is 0 Å². The zero-order valence-electron chi connectivity index (χ0n) is 8.80. The van der Waals surface area contributed by atoms with Gasteiger partial charge >= 0.3 is 5.97 Å². The summed E-state index contributed by atoms with van der Waals surface area (Å²) in [5, 5.41) is 9.39. The van der Waals surface area contributed by atoms with Gasteiger partial charge < -0.3 is 5.11 Å². The topological polar surface area (TPSA) is 37.3 Å². The third-order valence-electron chi connectivity index (χ3n) is 3.89. The molecule has 2 nitrogen and oxygen atoms in total. The summed E-state index contributed by atoms with van der Waals surface area (Å²) in [6.07, 6.45) is 10.1. The summed E-state index contributed by atoms with van der Waals surface area (Å²) in [7, 11) is 0. The van der Waals surface area contributed by atoms with Gasteiger partial charge in [-0.3, -0.25) is 4.79 Å². The summed E-state index contributed by atoms with van der Waals surface area (Å²) in [6.45, 7) is 0. The maximum Gasteiger partial charge on any atom is 0.309 e. The van der Waals surface area contributed by atoms with Gasteiger partial charge in [0, 0.05) is 0 Å². The maximum atomic E-state index is 11.4. The van der Waals surface area contributed by atoms with E-state index in [0.717, 1.165) is 38.0 Å². The highest BCUT2D eigenvalue weighted by atomic mass is 16.4. The van der Waals surface area contributed by atoms with Crippen molar-refractivity contribution in [1.82, 2.24) is 0 Å². The van der Waals surface area contributed by atoms with Crippen molar-refractivity contribution in [3.8, 4) is 0 Å². The molecule has 0 bridgehead atoms. The average molecular weight is 196 g/mol. The van der Waals surface area contributed by atoms with Crippen molar-refractivity contribution in [2.75, 3.05) is 0 Å². The predicted molar refractivity (Wildman–Crippen MR) is 55.1 cm³/mol. The van der Waals surface area contributed by atoms with Crippen LogP contribution in [0.5, 0.6) is 0 Å². The normalized spacial score (nSPS) is 26.9. The molecule has 2 fully saturated rings. The number of rotatable bonds is 3. The molecule has 0 aromatic rings. The number of carboxylic acids is 1. The first-order chi connectivity index (χ1) is 6.73. The first-order valence-electron chi connectivity index (χ1n) is 5.96. The Kier molecular flexibility index (Phi) is 2.80. The molecule has 14 heavy (non-hydrogen) atoms. The van der Waals surface area contributed by atoms with Crippen LogP contribution in [0.1, 0.15) is 57.8 Å². The van der Waals surface area contributed by atoms with Crippen molar-refractivity contribution in [2.45, 2.75) is 57.8 Å². The highest BCUT2D eigenvalue weighted by molar-refractivity contribution is 5.74. The molecule has 0 aromatic carbocycles. The molecule has 0 saturated heterocycles. The Labute approximate surface area is 85.7 Å². The van der Waals surface area contributed by atoms with Gasteiger partial charge in [-0.2, -0.15) is 0 Å². The van der Waals surface area contributed by atoms with E-state index in [4.69, 9.17) is 0 Å². The number of hydrogen-bond donors (Lipinski definition) is 1. The summed E-state index contributed by atoms with van der Waals surface area (Å²) in [5.74, 6) is 0.218. The van der Waals surface area contributed by atoms with E-state index in [9.17, 15) is 9.90 Å². The Hall–Kier alpha value is -0.530. The molecule has 2 aliphatic rings. The molecule has 0 aliphatic heterocycles. The summed E-state index contributed by atoms with van der Waals surface area (Å²) in [5.41, 5.74) is -0.336. The minimum atomic E-state index is -0.522. The molecule has 2 aliphatic carbocycles. The van der Waals surface area contributed by atoms with Crippen molar-refractivity contribution in [2.24, 2.45) is 11.3 Å². The standard InChI is InChI=1S/C12H20O2/c13-11(14)12(9-10-5-6-10)7-3-1-2-4-8-12/h10H,1-9H2,(H,13,14). The van der Waals surface area contributed by atoms with Gasteiger partial charge in [0.15, 0.2) is 0 Å². The van der Waals surface area contributed by atoms with Crippen molar-refractivity contribution in [3.63, 3.8) is 0 Å². The molecule has 0 radical (unpaired) electrons. The summed E-state index contributed by atoms with van der Waals surface area (Å²) in [6, 6.07) is 0. The first kappa shape index (κ1) is 10.0. The molecule has 2 saturated carbocycles. The van der Waals surface area contributed by atoms with Gasteiger partial charge in [0.2, 0.25) is 0 Å². The fraction of sp³-hybridized carbons (Fsp3) is 0.917. The molecular weight excluding hydrogens is 176 g/mol. The number of aliphatic carboxylic acids is 1. The lowest BCUT2D eigenvalue weighted by atomic mass is 9.76. The van der Waals surface area contributed by atoms with Gasteiger partial charge in [-0.1, -0.05) is 38.5 Å². The molecule has 1 N–H and O–H groups in total.